The van der Waals surface area contributed by atoms with Crippen LogP contribution in [-0.2, 0) is 6.42 Å². The minimum atomic E-state index is -0.175. The lowest BCUT2D eigenvalue weighted by atomic mass is 10.2. The SMILES string of the molecule is ClC(Cc1ccccn1)c1ccc(Br)o1. The monoisotopic (exact) mass is 285 g/mol. The number of alkyl halides is 1. The van der Waals surface area contributed by atoms with Crippen LogP contribution in [0, 0.1) is 0 Å². The normalized spacial score (nSPS) is 12.7. The molecule has 0 saturated heterocycles. The molecule has 0 aliphatic heterocycles. The molecule has 1 atom stereocenters. The van der Waals surface area contributed by atoms with E-state index in [0.717, 1.165) is 11.5 Å². The van der Waals surface area contributed by atoms with Gasteiger partial charge in [-0.25, -0.2) is 0 Å². The van der Waals surface area contributed by atoms with Crippen LogP contribution < -0.4 is 0 Å². The van der Waals surface area contributed by atoms with E-state index in [9.17, 15) is 0 Å². The lowest BCUT2D eigenvalue weighted by Crippen LogP contribution is -1.96. The molecule has 0 aromatic carbocycles. The fourth-order valence-corrected chi connectivity index (χ4v) is 1.89. The van der Waals surface area contributed by atoms with E-state index in [1.807, 2.05) is 30.3 Å². The van der Waals surface area contributed by atoms with E-state index in [-0.39, 0.29) is 5.38 Å². The molecule has 0 aliphatic rings. The zero-order valence-electron chi connectivity index (χ0n) is 7.86. The Hall–Kier alpha value is -0.800. The maximum Gasteiger partial charge on any atom is 0.169 e. The summed E-state index contributed by atoms with van der Waals surface area (Å²) < 4.78 is 6.07. The van der Waals surface area contributed by atoms with E-state index in [1.165, 1.54) is 0 Å². The van der Waals surface area contributed by atoms with Crippen LogP contribution in [0.25, 0.3) is 0 Å². The van der Waals surface area contributed by atoms with Crippen molar-refractivity contribution in [3.63, 3.8) is 0 Å². The Labute approximate surface area is 101 Å². The van der Waals surface area contributed by atoms with Crippen LogP contribution in [0.5, 0.6) is 0 Å². The molecule has 0 amide bonds. The van der Waals surface area contributed by atoms with Crippen LogP contribution in [0.15, 0.2) is 45.6 Å². The maximum absolute atomic E-state index is 6.20. The van der Waals surface area contributed by atoms with Gasteiger partial charge in [-0.2, -0.15) is 0 Å². The molecule has 0 fully saturated rings. The smallest absolute Gasteiger partial charge is 0.169 e. The van der Waals surface area contributed by atoms with Crippen molar-refractivity contribution in [1.29, 1.82) is 0 Å². The molecule has 0 bridgehead atoms. The van der Waals surface area contributed by atoms with Crippen molar-refractivity contribution in [1.82, 2.24) is 4.98 Å². The first-order valence-electron chi connectivity index (χ1n) is 4.55. The van der Waals surface area contributed by atoms with Gasteiger partial charge in [0.15, 0.2) is 4.67 Å². The second-order valence-corrected chi connectivity index (χ2v) is 4.44. The Balaban J connectivity index is 2.07. The molecule has 2 heterocycles. The van der Waals surface area contributed by atoms with Gasteiger partial charge in [-0.05, 0) is 40.2 Å². The highest BCUT2D eigenvalue weighted by molar-refractivity contribution is 9.10. The number of rotatable bonds is 3. The zero-order chi connectivity index (χ0) is 10.7. The number of furan rings is 1. The van der Waals surface area contributed by atoms with E-state index in [4.69, 9.17) is 16.0 Å². The molecule has 2 aromatic heterocycles. The van der Waals surface area contributed by atoms with E-state index < -0.39 is 0 Å². The quantitative estimate of drug-likeness (QED) is 0.798. The standard InChI is InChI=1S/C11H9BrClNO/c12-11-5-4-10(15-11)9(13)7-8-3-1-2-6-14-8/h1-6,9H,7H2. The Morgan fingerprint density at radius 1 is 1.33 bits per heavy atom. The van der Waals surface area contributed by atoms with E-state index in [2.05, 4.69) is 20.9 Å². The molecule has 15 heavy (non-hydrogen) atoms. The molecule has 0 N–H and O–H groups in total. The predicted molar refractivity (Wildman–Crippen MR) is 62.9 cm³/mol. The first kappa shape index (κ1) is 10.7. The van der Waals surface area contributed by atoms with Gasteiger partial charge in [-0.15, -0.1) is 11.6 Å². The minimum absolute atomic E-state index is 0.175. The third kappa shape index (κ3) is 2.83. The molecule has 4 heteroatoms. The highest BCUT2D eigenvalue weighted by Crippen LogP contribution is 2.27. The maximum atomic E-state index is 6.20. The number of aromatic nitrogens is 1. The lowest BCUT2D eigenvalue weighted by molar-refractivity contribution is 0.480. The first-order chi connectivity index (χ1) is 7.25. The highest BCUT2D eigenvalue weighted by Gasteiger charge is 2.13. The van der Waals surface area contributed by atoms with Gasteiger partial charge in [0, 0.05) is 18.3 Å². The molecule has 78 valence electrons. The summed E-state index contributed by atoms with van der Waals surface area (Å²) >= 11 is 9.44. The summed E-state index contributed by atoms with van der Waals surface area (Å²) in [5.41, 5.74) is 0.963. The fraction of sp³-hybridized carbons (Fsp3) is 0.182. The molecule has 1 unspecified atom stereocenters. The Morgan fingerprint density at radius 3 is 2.80 bits per heavy atom. The number of halogens is 2. The van der Waals surface area contributed by atoms with Crippen LogP contribution in [0.4, 0.5) is 0 Å². The van der Waals surface area contributed by atoms with Crippen molar-refractivity contribution < 1.29 is 4.42 Å². The molecular weight excluding hydrogens is 277 g/mol. The second-order valence-electron chi connectivity index (χ2n) is 3.13. The third-order valence-electron chi connectivity index (χ3n) is 2.02. The average Bonchev–Trinajstić information content (AvgIpc) is 2.66. The van der Waals surface area contributed by atoms with E-state index >= 15 is 0 Å². The topological polar surface area (TPSA) is 26.0 Å². The van der Waals surface area contributed by atoms with Gasteiger partial charge < -0.3 is 4.42 Å². The van der Waals surface area contributed by atoms with Crippen LogP contribution >= 0.6 is 27.5 Å². The summed E-state index contributed by atoms with van der Waals surface area (Å²) in [7, 11) is 0. The number of hydrogen-bond donors (Lipinski definition) is 0. The third-order valence-corrected chi connectivity index (χ3v) is 2.81. The summed E-state index contributed by atoms with van der Waals surface area (Å²) in [6, 6.07) is 9.49. The highest BCUT2D eigenvalue weighted by atomic mass is 79.9. The van der Waals surface area contributed by atoms with Gasteiger partial charge in [-0.3, -0.25) is 4.98 Å². The van der Waals surface area contributed by atoms with Gasteiger partial charge in [0.25, 0.3) is 0 Å². The Morgan fingerprint density at radius 2 is 2.20 bits per heavy atom. The van der Waals surface area contributed by atoms with E-state index in [0.29, 0.717) is 11.1 Å². The van der Waals surface area contributed by atoms with Gasteiger partial charge in [-0.1, -0.05) is 6.07 Å². The van der Waals surface area contributed by atoms with E-state index in [1.54, 1.807) is 6.20 Å². The summed E-state index contributed by atoms with van der Waals surface area (Å²) in [4.78, 5) is 4.21. The van der Waals surface area contributed by atoms with Crippen molar-refractivity contribution in [2.75, 3.05) is 0 Å². The van der Waals surface area contributed by atoms with Crippen molar-refractivity contribution in [3.05, 3.63) is 52.7 Å². The molecule has 0 saturated carbocycles. The summed E-state index contributed by atoms with van der Waals surface area (Å²) in [6.45, 7) is 0. The van der Waals surface area contributed by atoms with Crippen molar-refractivity contribution in [2.45, 2.75) is 11.8 Å². The second kappa shape index (κ2) is 4.81. The zero-order valence-corrected chi connectivity index (χ0v) is 10.2. The first-order valence-corrected chi connectivity index (χ1v) is 5.78. The number of nitrogens with zero attached hydrogens (tertiary/aromatic N) is 1. The van der Waals surface area contributed by atoms with Crippen molar-refractivity contribution >= 4 is 27.5 Å². The fourth-order valence-electron chi connectivity index (χ4n) is 1.30. The molecule has 0 aliphatic carbocycles. The molecular formula is C11H9BrClNO. The summed E-state index contributed by atoms with van der Waals surface area (Å²) in [6.07, 6.45) is 2.43. The summed E-state index contributed by atoms with van der Waals surface area (Å²) in [5.74, 6) is 0.759. The molecule has 0 radical (unpaired) electrons. The number of hydrogen-bond acceptors (Lipinski definition) is 2. The van der Waals surface area contributed by atoms with Gasteiger partial charge in [0.05, 0.1) is 5.38 Å². The van der Waals surface area contributed by atoms with Crippen LogP contribution in [0.1, 0.15) is 16.8 Å². The van der Waals surface area contributed by atoms with Crippen LogP contribution in [-0.4, -0.2) is 4.98 Å². The predicted octanol–water partition coefficient (Wildman–Crippen LogP) is 3.96. The van der Waals surface area contributed by atoms with Crippen LogP contribution in [0.2, 0.25) is 0 Å². The Bertz CT molecular complexity index is 429. The van der Waals surface area contributed by atoms with Crippen LogP contribution in [0.3, 0.4) is 0 Å². The summed E-state index contributed by atoms with van der Waals surface area (Å²) in [5, 5.41) is -0.175. The van der Waals surface area contributed by atoms with Crippen molar-refractivity contribution in [3.8, 4) is 0 Å². The van der Waals surface area contributed by atoms with Crippen molar-refractivity contribution in [2.24, 2.45) is 0 Å². The molecule has 2 rings (SSSR count). The van der Waals surface area contributed by atoms with Gasteiger partial charge >= 0.3 is 0 Å². The van der Waals surface area contributed by atoms with Gasteiger partial charge in [0.2, 0.25) is 0 Å². The lowest BCUT2D eigenvalue weighted by Gasteiger charge is -2.05. The largest absolute Gasteiger partial charge is 0.453 e. The Kier molecular flexibility index (Phi) is 3.44. The minimum Gasteiger partial charge on any atom is -0.453 e. The molecule has 0 spiro atoms. The average molecular weight is 287 g/mol. The van der Waals surface area contributed by atoms with Gasteiger partial charge in [0.1, 0.15) is 5.76 Å². The number of pyridine rings is 1. The molecule has 2 nitrogen and oxygen atoms in total. The molecule has 2 aromatic rings.